The fraction of sp³-hybridized carbons (Fsp3) is 0.240. The van der Waals surface area contributed by atoms with Crippen molar-refractivity contribution in [1.29, 1.82) is 0 Å². The second kappa shape index (κ2) is 10.4. The Labute approximate surface area is 200 Å². The number of halogens is 1. The predicted octanol–water partition coefficient (Wildman–Crippen LogP) is 5.43. The van der Waals surface area contributed by atoms with Crippen molar-refractivity contribution in [2.75, 3.05) is 19.0 Å². The second-order valence-electron chi connectivity index (χ2n) is 7.68. The molecule has 0 bridgehead atoms. The number of benzene rings is 3. The minimum atomic E-state index is -3.94. The van der Waals surface area contributed by atoms with E-state index in [0.29, 0.717) is 10.7 Å². The molecule has 0 unspecified atom stereocenters. The Hall–Kier alpha value is -2.87. The van der Waals surface area contributed by atoms with Gasteiger partial charge in [0.05, 0.1) is 17.8 Å². The van der Waals surface area contributed by atoms with Crippen molar-refractivity contribution in [1.82, 2.24) is 4.31 Å². The first-order valence-electron chi connectivity index (χ1n) is 10.5. The van der Waals surface area contributed by atoms with Gasteiger partial charge in [0.25, 0.3) is 5.91 Å². The zero-order valence-corrected chi connectivity index (χ0v) is 20.6. The average molecular weight is 487 g/mol. The monoisotopic (exact) mass is 486 g/mol. The molecule has 33 heavy (non-hydrogen) atoms. The maximum atomic E-state index is 13.5. The van der Waals surface area contributed by atoms with Crippen LogP contribution in [-0.2, 0) is 16.6 Å². The molecular weight excluding hydrogens is 460 g/mol. The summed E-state index contributed by atoms with van der Waals surface area (Å²) in [6.45, 7) is 6.00. The molecule has 0 heterocycles. The smallest absolute Gasteiger partial charge is 0.255 e. The summed E-state index contributed by atoms with van der Waals surface area (Å²) in [6, 6.07) is 17.4. The van der Waals surface area contributed by atoms with Crippen molar-refractivity contribution in [2.24, 2.45) is 0 Å². The second-order valence-corrected chi connectivity index (χ2v) is 9.99. The van der Waals surface area contributed by atoms with E-state index in [9.17, 15) is 13.2 Å². The Bertz CT molecular complexity index is 1240. The highest BCUT2D eigenvalue weighted by molar-refractivity contribution is 7.89. The van der Waals surface area contributed by atoms with Gasteiger partial charge >= 0.3 is 0 Å². The van der Waals surface area contributed by atoms with Crippen LogP contribution >= 0.6 is 11.6 Å². The van der Waals surface area contributed by atoms with Crippen molar-refractivity contribution in [3.8, 4) is 5.75 Å². The fourth-order valence-corrected chi connectivity index (χ4v) is 5.56. The van der Waals surface area contributed by atoms with Crippen molar-refractivity contribution in [3.05, 3.63) is 87.9 Å². The van der Waals surface area contributed by atoms with Gasteiger partial charge in [0.1, 0.15) is 10.6 Å². The number of nitrogens with zero attached hydrogens (tertiary/aromatic N) is 1. The number of carbonyl (C=O) groups excluding carboxylic acids is 1. The van der Waals surface area contributed by atoms with Gasteiger partial charge in [-0.25, -0.2) is 8.42 Å². The van der Waals surface area contributed by atoms with E-state index >= 15 is 0 Å². The Balaban J connectivity index is 1.97. The number of amides is 1. The van der Waals surface area contributed by atoms with E-state index in [1.54, 1.807) is 13.0 Å². The Morgan fingerprint density at radius 1 is 1.06 bits per heavy atom. The molecule has 0 atom stereocenters. The van der Waals surface area contributed by atoms with Crippen LogP contribution in [0.15, 0.2) is 65.6 Å². The lowest BCUT2D eigenvalue weighted by molar-refractivity contribution is 0.102. The van der Waals surface area contributed by atoms with Crippen LogP contribution in [0.2, 0.25) is 5.02 Å². The van der Waals surface area contributed by atoms with Gasteiger partial charge < -0.3 is 10.1 Å². The Morgan fingerprint density at radius 3 is 2.36 bits per heavy atom. The maximum Gasteiger partial charge on any atom is 0.255 e. The van der Waals surface area contributed by atoms with Gasteiger partial charge in [-0.15, -0.1) is 0 Å². The van der Waals surface area contributed by atoms with E-state index in [0.717, 1.165) is 16.7 Å². The van der Waals surface area contributed by atoms with Crippen LogP contribution in [0, 0.1) is 13.8 Å². The molecule has 0 saturated carbocycles. The summed E-state index contributed by atoms with van der Waals surface area (Å²) in [5, 5.41) is 3.22. The quantitative estimate of drug-likeness (QED) is 0.460. The first-order valence-corrected chi connectivity index (χ1v) is 12.3. The molecule has 174 valence electrons. The lowest BCUT2D eigenvalue weighted by atomic mass is 10.1. The first-order chi connectivity index (χ1) is 15.7. The van der Waals surface area contributed by atoms with Crippen molar-refractivity contribution in [3.63, 3.8) is 0 Å². The van der Waals surface area contributed by atoms with Gasteiger partial charge in [0.15, 0.2) is 0 Å². The molecule has 0 saturated heterocycles. The molecule has 0 aliphatic rings. The van der Waals surface area contributed by atoms with E-state index in [4.69, 9.17) is 16.3 Å². The molecule has 1 amide bonds. The van der Waals surface area contributed by atoms with Crippen LogP contribution in [-0.4, -0.2) is 32.3 Å². The molecule has 0 spiro atoms. The average Bonchev–Trinajstić information content (AvgIpc) is 2.79. The van der Waals surface area contributed by atoms with E-state index in [2.05, 4.69) is 5.32 Å². The predicted molar refractivity (Wildman–Crippen MR) is 132 cm³/mol. The van der Waals surface area contributed by atoms with E-state index in [1.807, 2.05) is 50.2 Å². The largest absolute Gasteiger partial charge is 0.495 e. The fourth-order valence-electron chi connectivity index (χ4n) is 3.57. The van der Waals surface area contributed by atoms with Gasteiger partial charge in [-0.2, -0.15) is 4.31 Å². The number of anilines is 1. The Kier molecular flexibility index (Phi) is 7.79. The van der Waals surface area contributed by atoms with Crippen LogP contribution in [0.4, 0.5) is 5.69 Å². The number of hydrogen-bond acceptors (Lipinski definition) is 4. The summed E-state index contributed by atoms with van der Waals surface area (Å²) in [5.74, 6) is -0.295. The summed E-state index contributed by atoms with van der Waals surface area (Å²) in [6.07, 6.45) is 0. The number of carbonyl (C=O) groups is 1. The van der Waals surface area contributed by atoms with Gasteiger partial charge in [0, 0.05) is 18.7 Å². The Morgan fingerprint density at radius 2 is 1.76 bits per heavy atom. The van der Waals surface area contributed by atoms with E-state index in [-0.39, 0.29) is 29.3 Å². The number of methoxy groups -OCH3 is 1. The standard InChI is InChI=1S/C25H27ClN2O4S/c1-5-28(16-19-9-7-6-8-10-19)33(30,31)23-15-20(11-12-22(23)32-4)25(29)27-24-18(3)13-17(2)14-21(24)26/h6-15H,5,16H2,1-4H3,(H,27,29). The molecule has 1 N–H and O–H groups in total. The zero-order chi connectivity index (χ0) is 24.2. The van der Waals surface area contributed by atoms with Gasteiger partial charge in [0.2, 0.25) is 10.0 Å². The van der Waals surface area contributed by atoms with Crippen molar-refractivity contribution >= 4 is 33.2 Å². The summed E-state index contributed by atoms with van der Waals surface area (Å²) in [7, 11) is -2.54. The van der Waals surface area contributed by atoms with Crippen molar-refractivity contribution in [2.45, 2.75) is 32.2 Å². The first kappa shape index (κ1) is 24.8. The van der Waals surface area contributed by atoms with Crippen LogP contribution in [0.1, 0.15) is 34.0 Å². The highest BCUT2D eigenvalue weighted by Gasteiger charge is 2.28. The minimum absolute atomic E-state index is 0.0674. The molecule has 3 aromatic rings. The normalized spacial score (nSPS) is 11.5. The van der Waals surface area contributed by atoms with Gasteiger partial charge in [-0.05, 0) is 54.8 Å². The summed E-state index contributed by atoms with van der Waals surface area (Å²) in [4.78, 5) is 12.9. The maximum absolute atomic E-state index is 13.5. The number of hydrogen-bond donors (Lipinski definition) is 1. The molecule has 0 aromatic heterocycles. The number of aryl methyl sites for hydroxylation is 2. The molecule has 0 fully saturated rings. The van der Waals surface area contributed by atoms with E-state index < -0.39 is 15.9 Å². The number of nitrogens with one attached hydrogen (secondary N) is 1. The van der Waals surface area contributed by atoms with Crippen LogP contribution in [0.3, 0.4) is 0 Å². The van der Waals surface area contributed by atoms with Crippen LogP contribution in [0.25, 0.3) is 0 Å². The lowest BCUT2D eigenvalue weighted by Gasteiger charge is -2.22. The SMILES string of the molecule is CCN(Cc1ccccc1)S(=O)(=O)c1cc(C(=O)Nc2c(C)cc(C)cc2Cl)ccc1OC. The molecule has 6 nitrogen and oxygen atoms in total. The van der Waals surface area contributed by atoms with Crippen LogP contribution < -0.4 is 10.1 Å². The van der Waals surface area contributed by atoms with Gasteiger partial charge in [-0.1, -0.05) is 54.9 Å². The lowest BCUT2D eigenvalue weighted by Crippen LogP contribution is -2.31. The highest BCUT2D eigenvalue weighted by Crippen LogP contribution is 2.31. The van der Waals surface area contributed by atoms with Crippen LogP contribution in [0.5, 0.6) is 5.75 Å². The van der Waals surface area contributed by atoms with Crippen molar-refractivity contribution < 1.29 is 17.9 Å². The molecule has 0 aliphatic heterocycles. The molecule has 3 aromatic carbocycles. The third-order valence-corrected chi connectivity index (χ3v) is 7.51. The highest BCUT2D eigenvalue weighted by atomic mass is 35.5. The molecular formula is C25H27ClN2O4S. The zero-order valence-electron chi connectivity index (χ0n) is 19.1. The number of sulfonamides is 1. The number of rotatable bonds is 8. The molecule has 0 aliphatic carbocycles. The number of ether oxygens (including phenoxy) is 1. The molecule has 0 radical (unpaired) electrons. The molecule has 8 heteroatoms. The topological polar surface area (TPSA) is 75.7 Å². The minimum Gasteiger partial charge on any atom is -0.495 e. The summed E-state index contributed by atoms with van der Waals surface area (Å²) < 4.78 is 33.7. The van der Waals surface area contributed by atoms with Gasteiger partial charge in [-0.3, -0.25) is 4.79 Å². The third kappa shape index (κ3) is 5.55. The summed E-state index contributed by atoms with van der Waals surface area (Å²) >= 11 is 6.32. The van der Waals surface area contributed by atoms with E-state index in [1.165, 1.54) is 29.6 Å². The molecule has 3 rings (SSSR count). The third-order valence-electron chi connectivity index (χ3n) is 5.27. The summed E-state index contributed by atoms with van der Waals surface area (Å²) in [5.41, 5.74) is 3.33.